The van der Waals surface area contributed by atoms with E-state index in [1.165, 1.54) is 17.1 Å². The predicted octanol–water partition coefficient (Wildman–Crippen LogP) is 0.547. The first kappa shape index (κ1) is 15.6. The molecule has 1 aromatic rings. The van der Waals surface area contributed by atoms with Crippen LogP contribution in [0.4, 0.5) is 0 Å². The van der Waals surface area contributed by atoms with Crippen LogP contribution in [0.15, 0.2) is 12.5 Å². The summed E-state index contributed by atoms with van der Waals surface area (Å²) in [5.41, 5.74) is -0.0531. The van der Waals surface area contributed by atoms with E-state index >= 15 is 0 Å². The number of hydrogen-bond acceptors (Lipinski definition) is 4. The SMILES string of the molecule is CC(C)CCS(=O)(=O)NCCn1cnc(C(=O)O)c1. The summed E-state index contributed by atoms with van der Waals surface area (Å²) < 4.78 is 27.2. The van der Waals surface area contributed by atoms with Gasteiger partial charge in [0.15, 0.2) is 5.69 Å². The summed E-state index contributed by atoms with van der Waals surface area (Å²) in [4.78, 5) is 14.3. The molecular formula is C11H19N3O4S. The average molecular weight is 289 g/mol. The van der Waals surface area contributed by atoms with Crippen molar-refractivity contribution in [1.29, 1.82) is 0 Å². The molecule has 1 aromatic heterocycles. The topological polar surface area (TPSA) is 101 Å². The minimum Gasteiger partial charge on any atom is -0.476 e. The fourth-order valence-corrected chi connectivity index (χ4v) is 2.71. The van der Waals surface area contributed by atoms with Crippen LogP contribution in [-0.2, 0) is 16.6 Å². The van der Waals surface area contributed by atoms with E-state index in [-0.39, 0.29) is 18.0 Å². The van der Waals surface area contributed by atoms with Gasteiger partial charge in [-0.2, -0.15) is 0 Å². The molecule has 2 N–H and O–H groups in total. The molecule has 8 heteroatoms. The van der Waals surface area contributed by atoms with Gasteiger partial charge in [-0.05, 0) is 12.3 Å². The molecule has 0 aliphatic heterocycles. The maximum atomic E-state index is 11.6. The number of carbonyl (C=O) groups is 1. The maximum absolute atomic E-state index is 11.6. The van der Waals surface area contributed by atoms with Gasteiger partial charge < -0.3 is 9.67 Å². The number of carboxylic acid groups (broad SMARTS) is 1. The van der Waals surface area contributed by atoms with Gasteiger partial charge in [0.05, 0.1) is 12.1 Å². The van der Waals surface area contributed by atoms with Gasteiger partial charge in [-0.25, -0.2) is 22.9 Å². The molecule has 0 aliphatic carbocycles. The molecule has 0 unspecified atom stereocenters. The third kappa shape index (κ3) is 5.84. The lowest BCUT2D eigenvalue weighted by molar-refractivity contribution is 0.0691. The molecule has 1 rings (SSSR count). The first-order valence-electron chi connectivity index (χ1n) is 6.02. The number of hydrogen-bond donors (Lipinski definition) is 2. The van der Waals surface area contributed by atoms with Gasteiger partial charge in [0.1, 0.15) is 0 Å². The van der Waals surface area contributed by atoms with Gasteiger partial charge in [0.25, 0.3) is 0 Å². The third-order valence-electron chi connectivity index (χ3n) is 2.51. The number of rotatable bonds is 8. The number of nitrogens with zero attached hydrogens (tertiary/aromatic N) is 2. The highest BCUT2D eigenvalue weighted by Gasteiger charge is 2.11. The minimum absolute atomic E-state index is 0.0531. The van der Waals surface area contributed by atoms with Crippen LogP contribution in [0.2, 0.25) is 0 Å². The fraction of sp³-hybridized carbons (Fsp3) is 0.636. The second-order valence-corrected chi connectivity index (χ2v) is 6.62. The first-order valence-corrected chi connectivity index (χ1v) is 7.68. The molecule has 0 radical (unpaired) electrons. The van der Waals surface area contributed by atoms with E-state index in [1.807, 2.05) is 13.8 Å². The van der Waals surface area contributed by atoms with E-state index in [0.717, 1.165) is 0 Å². The zero-order valence-corrected chi connectivity index (χ0v) is 11.9. The molecule has 1 heterocycles. The standard InChI is InChI=1S/C11H19N3O4S/c1-9(2)3-6-19(17,18)13-4-5-14-7-10(11(15)16)12-8-14/h7-9,13H,3-6H2,1-2H3,(H,15,16). The van der Waals surface area contributed by atoms with Gasteiger partial charge in [-0.3, -0.25) is 0 Å². The van der Waals surface area contributed by atoms with Gasteiger partial charge in [0.2, 0.25) is 10.0 Å². The van der Waals surface area contributed by atoms with Crippen LogP contribution >= 0.6 is 0 Å². The maximum Gasteiger partial charge on any atom is 0.356 e. The Morgan fingerprint density at radius 3 is 2.74 bits per heavy atom. The van der Waals surface area contributed by atoms with Gasteiger partial charge in [-0.1, -0.05) is 13.8 Å². The van der Waals surface area contributed by atoms with Crippen LogP contribution in [-0.4, -0.2) is 41.3 Å². The highest BCUT2D eigenvalue weighted by molar-refractivity contribution is 7.89. The fourth-order valence-electron chi connectivity index (χ4n) is 1.39. The van der Waals surface area contributed by atoms with Crippen molar-refractivity contribution in [3.8, 4) is 0 Å². The number of nitrogens with one attached hydrogen (secondary N) is 1. The van der Waals surface area contributed by atoms with Crippen molar-refractivity contribution >= 4 is 16.0 Å². The highest BCUT2D eigenvalue weighted by Crippen LogP contribution is 2.01. The Balaban J connectivity index is 2.38. The summed E-state index contributed by atoms with van der Waals surface area (Å²) in [5.74, 6) is -0.658. The Bertz CT molecular complexity index is 522. The van der Waals surface area contributed by atoms with Crippen molar-refractivity contribution in [1.82, 2.24) is 14.3 Å². The normalized spacial score (nSPS) is 11.9. The largest absolute Gasteiger partial charge is 0.476 e. The van der Waals surface area contributed by atoms with Gasteiger partial charge in [0, 0.05) is 19.3 Å². The zero-order valence-electron chi connectivity index (χ0n) is 11.0. The van der Waals surface area contributed by atoms with E-state index in [2.05, 4.69) is 9.71 Å². The van der Waals surface area contributed by atoms with E-state index in [9.17, 15) is 13.2 Å². The molecule has 0 atom stereocenters. The second kappa shape index (κ2) is 6.67. The molecule has 7 nitrogen and oxygen atoms in total. The summed E-state index contributed by atoms with van der Waals surface area (Å²) in [6.07, 6.45) is 3.35. The van der Waals surface area contributed by atoms with Gasteiger partial charge >= 0.3 is 5.97 Å². The molecule has 0 saturated heterocycles. The Labute approximate surface area is 112 Å². The van der Waals surface area contributed by atoms with Crippen LogP contribution in [0.3, 0.4) is 0 Å². The van der Waals surface area contributed by atoms with E-state index in [4.69, 9.17) is 5.11 Å². The summed E-state index contributed by atoms with van der Waals surface area (Å²) in [7, 11) is -3.26. The van der Waals surface area contributed by atoms with Crippen LogP contribution in [0, 0.1) is 5.92 Å². The van der Waals surface area contributed by atoms with Crippen LogP contribution in [0.25, 0.3) is 0 Å². The molecule has 0 aromatic carbocycles. The van der Waals surface area contributed by atoms with Crippen LogP contribution < -0.4 is 4.72 Å². The Hall–Kier alpha value is -1.41. The molecule has 0 fully saturated rings. The molecule has 0 spiro atoms. The summed E-state index contributed by atoms with van der Waals surface area (Å²) in [5, 5.41) is 8.69. The van der Waals surface area contributed by atoms with Crippen LogP contribution in [0.1, 0.15) is 30.8 Å². The molecule has 0 saturated carbocycles. The summed E-state index contributed by atoms with van der Waals surface area (Å²) >= 11 is 0. The van der Waals surface area contributed by atoms with Gasteiger partial charge in [-0.15, -0.1) is 0 Å². The Morgan fingerprint density at radius 2 is 2.21 bits per heavy atom. The molecule has 19 heavy (non-hydrogen) atoms. The van der Waals surface area contributed by atoms with Crippen molar-refractivity contribution in [2.45, 2.75) is 26.8 Å². The second-order valence-electron chi connectivity index (χ2n) is 4.70. The predicted molar refractivity (Wildman–Crippen MR) is 70.4 cm³/mol. The van der Waals surface area contributed by atoms with E-state index in [0.29, 0.717) is 18.9 Å². The number of carboxylic acids is 1. The summed E-state index contributed by atoms with van der Waals surface area (Å²) in [6, 6.07) is 0. The number of aromatic carboxylic acids is 1. The number of sulfonamides is 1. The van der Waals surface area contributed by atoms with Crippen molar-refractivity contribution in [2.24, 2.45) is 5.92 Å². The summed E-state index contributed by atoms with van der Waals surface area (Å²) in [6.45, 7) is 4.50. The monoisotopic (exact) mass is 289 g/mol. The van der Waals surface area contributed by atoms with Crippen molar-refractivity contribution in [3.63, 3.8) is 0 Å². The van der Waals surface area contributed by atoms with Crippen molar-refractivity contribution in [2.75, 3.05) is 12.3 Å². The van der Waals surface area contributed by atoms with E-state index in [1.54, 1.807) is 0 Å². The number of imidazole rings is 1. The smallest absolute Gasteiger partial charge is 0.356 e. The Kier molecular flexibility index (Phi) is 5.49. The lowest BCUT2D eigenvalue weighted by Crippen LogP contribution is -2.29. The third-order valence-corrected chi connectivity index (χ3v) is 3.93. The molecular weight excluding hydrogens is 270 g/mol. The van der Waals surface area contributed by atoms with Crippen molar-refractivity contribution in [3.05, 3.63) is 18.2 Å². The molecule has 108 valence electrons. The Morgan fingerprint density at radius 1 is 1.53 bits per heavy atom. The highest BCUT2D eigenvalue weighted by atomic mass is 32.2. The quantitative estimate of drug-likeness (QED) is 0.727. The molecule has 0 amide bonds. The lowest BCUT2D eigenvalue weighted by atomic mass is 10.2. The van der Waals surface area contributed by atoms with Crippen molar-refractivity contribution < 1.29 is 18.3 Å². The first-order chi connectivity index (χ1) is 8.80. The lowest BCUT2D eigenvalue weighted by Gasteiger charge is -2.08. The number of aromatic nitrogens is 2. The zero-order chi connectivity index (χ0) is 14.5. The average Bonchev–Trinajstić information content (AvgIpc) is 2.75. The molecule has 0 aliphatic rings. The molecule has 0 bridgehead atoms. The van der Waals surface area contributed by atoms with E-state index < -0.39 is 16.0 Å². The minimum atomic E-state index is -3.26. The van der Waals surface area contributed by atoms with Crippen LogP contribution in [0.5, 0.6) is 0 Å².